The molecular formula is C10H12BrNO2. The molecular weight excluding hydrogens is 246 g/mol. The molecule has 4 heteroatoms. The summed E-state index contributed by atoms with van der Waals surface area (Å²) in [5, 5.41) is 0. The van der Waals surface area contributed by atoms with Gasteiger partial charge in [0.15, 0.2) is 6.29 Å². The lowest BCUT2D eigenvalue weighted by atomic mass is 10.2. The molecule has 1 rings (SSSR count). The molecule has 1 aromatic rings. The number of ether oxygens (including phenoxy) is 1. The topological polar surface area (TPSA) is 39.2 Å². The fraction of sp³-hybridized carbons (Fsp3) is 0.400. The Balaban J connectivity index is 3.05. The summed E-state index contributed by atoms with van der Waals surface area (Å²) in [6.07, 6.45) is 3.28. The first-order valence-corrected chi connectivity index (χ1v) is 5.23. The Labute approximate surface area is 91.6 Å². The maximum atomic E-state index is 10.6. The third-order valence-corrected chi connectivity index (χ3v) is 2.51. The van der Waals surface area contributed by atoms with Crippen LogP contribution >= 0.6 is 15.9 Å². The lowest BCUT2D eigenvalue weighted by Gasteiger charge is -2.10. The van der Waals surface area contributed by atoms with Gasteiger partial charge in [0.2, 0.25) is 0 Å². The van der Waals surface area contributed by atoms with Crippen molar-refractivity contribution in [2.75, 3.05) is 6.61 Å². The van der Waals surface area contributed by atoms with E-state index in [-0.39, 0.29) is 0 Å². The second-order valence-corrected chi connectivity index (χ2v) is 3.73. The monoisotopic (exact) mass is 257 g/mol. The molecule has 14 heavy (non-hydrogen) atoms. The molecule has 1 aromatic heterocycles. The molecule has 0 aromatic carbocycles. The van der Waals surface area contributed by atoms with E-state index < -0.39 is 0 Å². The van der Waals surface area contributed by atoms with Crippen molar-refractivity contribution in [1.82, 2.24) is 4.98 Å². The van der Waals surface area contributed by atoms with Gasteiger partial charge in [-0.2, -0.15) is 0 Å². The van der Waals surface area contributed by atoms with Crippen LogP contribution in [0.5, 0.6) is 5.75 Å². The van der Waals surface area contributed by atoms with Crippen molar-refractivity contribution in [3.05, 3.63) is 21.9 Å². The van der Waals surface area contributed by atoms with Crippen molar-refractivity contribution in [3.63, 3.8) is 0 Å². The number of aldehydes is 1. The highest BCUT2D eigenvalue weighted by Gasteiger charge is 2.10. The fourth-order valence-corrected chi connectivity index (χ4v) is 1.66. The smallest absolute Gasteiger partial charge is 0.169 e. The highest BCUT2D eigenvalue weighted by molar-refractivity contribution is 9.10. The first kappa shape index (κ1) is 11.2. The van der Waals surface area contributed by atoms with Crippen molar-refractivity contribution in [1.29, 1.82) is 0 Å². The van der Waals surface area contributed by atoms with Crippen molar-refractivity contribution in [2.45, 2.75) is 20.3 Å². The van der Waals surface area contributed by atoms with E-state index in [1.165, 1.54) is 0 Å². The van der Waals surface area contributed by atoms with Crippen molar-refractivity contribution >= 4 is 22.2 Å². The van der Waals surface area contributed by atoms with Crippen LogP contribution in [-0.4, -0.2) is 17.9 Å². The SMILES string of the molecule is CCCOc1c(C)cnc(C=O)c1Br. The average molecular weight is 258 g/mol. The van der Waals surface area contributed by atoms with Crippen LogP contribution in [0.2, 0.25) is 0 Å². The molecule has 3 nitrogen and oxygen atoms in total. The van der Waals surface area contributed by atoms with Crippen LogP contribution in [0.3, 0.4) is 0 Å². The van der Waals surface area contributed by atoms with E-state index in [0.29, 0.717) is 28.8 Å². The van der Waals surface area contributed by atoms with Crippen LogP contribution in [0.25, 0.3) is 0 Å². The third-order valence-electron chi connectivity index (χ3n) is 1.74. The normalized spacial score (nSPS) is 9.93. The number of aromatic nitrogens is 1. The number of hydrogen-bond acceptors (Lipinski definition) is 3. The molecule has 0 aliphatic heterocycles. The van der Waals surface area contributed by atoms with Gasteiger partial charge < -0.3 is 4.74 Å². The fourth-order valence-electron chi connectivity index (χ4n) is 1.03. The van der Waals surface area contributed by atoms with E-state index in [4.69, 9.17) is 4.74 Å². The molecule has 76 valence electrons. The van der Waals surface area contributed by atoms with Gasteiger partial charge in [-0.15, -0.1) is 0 Å². The van der Waals surface area contributed by atoms with Gasteiger partial charge in [0, 0.05) is 11.8 Å². The summed E-state index contributed by atoms with van der Waals surface area (Å²) >= 11 is 3.30. The summed E-state index contributed by atoms with van der Waals surface area (Å²) in [6.45, 7) is 4.57. The molecule has 0 atom stereocenters. The van der Waals surface area contributed by atoms with Gasteiger partial charge in [-0.3, -0.25) is 9.78 Å². The number of hydrogen-bond donors (Lipinski definition) is 0. The zero-order valence-corrected chi connectivity index (χ0v) is 9.80. The first-order chi connectivity index (χ1) is 6.70. The zero-order valence-electron chi connectivity index (χ0n) is 8.21. The predicted molar refractivity (Wildman–Crippen MR) is 57.8 cm³/mol. The minimum absolute atomic E-state index is 0.377. The van der Waals surface area contributed by atoms with Gasteiger partial charge in [-0.1, -0.05) is 6.92 Å². The predicted octanol–water partition coefficient (Wildman–Crippen LogP) is 2.75. The molecule has 0 N–H and O–H groups in total. The number of nitrogens with zero attached hydrogens (tertiary/aromatic N) is 1. The molecule has 0 bridgehead atoms. The second kappa shape index (κ2) is 5.10. The third kappa shape index (κ3) is 2.32. The van der Waals surface area contributed by atoms with Gasteiger partial charge in [-0.25, -0.2) is 0 Å². The molecule has 0 fully saturated rings. The maximum absolute atomic E-state index is 10.6. The van der Waals surface area contributed by atoms with Crippen LogP contribution in [0.4, 0.5) is 0 Å². The lowest BCUT2D eigenvalue weighted by molar-refractivity contribution is 0.111. The highest BCUT2D eigenvalue weighted by Crippen LogP contribution is 2.29. The quantitative estimate of drug-likeness (QED) is 0.779. The van der Waals surface area contributed by atoms with Gasteiger partial charge in [0.1, 0.15) is 11.4 Å². The number of aryl methyl sites for hydroxylation is 1. The van der Waals surface area contributed by atoms with E-state index >= 15 is 0 Å². The van der Waals surface area contributed by atoms with Crippen molar-refractivity contribution in [3.8, 4) is 5.75 Å². The Morgan fingerprint density at radius 3 is 2.93 bits per heavy atom. The summed E-state index contributed by atoms with van der Waals surface area (Å²) in [4.78, 5) is 14.6. The number of pyridine rings is 1. The van der Waals surface area contributed by atoms with E-state index in [9.17, 15) is 4.79 Å². The number of rotatable bonds is 4. The van der Waals surface area contributed by atoms with Crippen LogP contribution in [0, 0.1) is 6.92 Å². The highest BCUT2D eigenvalue weighted by atomic mass is 79.9. The van der Waals surface area contributed by atoms with Gasteiger partial charge in [0.05, 0.1) is 11.1 Å². The summed E-state index contributed by atoms with van der Waals surface area (Å²) in [6, 6.07) is 0. The van der Waals surface area contributed by atoms with Crippen molar-refractivity contribution < 1.29 is 9.53 Å². The van der Waals surface area contributed by atoms with Crippen LogP contribution in [-0.2, 0) is 0 Å². The minimum Gasteiger partial charge on any atom is -0.492 e. The molecule has 0 aliphatic carbocycles. The average Bonchev–Trinajstić information content (AvgIpc) is 2.18. The van der Waals surface area contributed by atoms with Crippen LogP contribution < -0.4 is 4.74 Å². The summed E-state index contributed by atoms with van der Waals surface area (Å²) < 4.78 is 6.15. The standard InChI is InChI=1S/C10H12BrNO2/c1-3-4-14-10-7(2)5-12-8(6-13)9(10)11/h5-6H,3-4H2,1-2H3. The Morgan fingerprint density at radius 1 is 1.64 bits per heavy atom. The molecule has 0 saturated carbocycles. The summed E-state index contributed by atoms with van der Waals surface area (Å²) in [5.41, 5.74) is 1.30. The van der Waals surface area contributed by atoms with Gasteiger partial charge in [-0.05, 0) is 29.3 Å². The molecule has 0 unspecified atom stereocenters. The Hall–Kier alpha value is -0.900. The lowest BCUT2D eigenvalue weighted by Crippen LogP contribution is -2.01. The van der Waals surface area contributed by atoms with Crippen LogP contribution in [0.1, 0.15) is 29.4 Å². The largest absolute Gasteiger partial charge is 0.492 e. The van der Waals surface area contributed by atoms with Crippen LogP contribution in [0.15, 0.2) is 10.7 Å². The molecule has 0 amide bonds. The Morgan fingerprint density at radius 2 is 2.36 bits per heavy atom. The van der Waals surface area contributed by atoms with E-state index in [1.807, 2.05) is 13.8 Å². The molecule has 0 saturated heterocycles. The molecule has 0 radical (unpaired) electrons. The Bertz CT molecular complexity index is 339. The molecule has 1 heterocycles. The first-order valence-electron chi connectivity index (χ1n) is 4.43. The van der Waals surface area contributed by atoms with Gasteiger partial charge in [0.25, 0.3) is 0 Å². The Kier molecular flexibility index (Phi) is 4.07. The van der Waals surface area contributed by atoms with E-state index in [1.54, 1.807) is 6.20 Å². The minimum atomic E-state index is 0.377. The number of halogens is 1. The summed E-state index contributed by atoms with van der Waals surface area (Å²) in [5.74, 6) is 0.712. The van der Waals surface area contributed by atoms with Crippen molar-refractivity contribution in [2.24, 2.45) is 0 Å². The maximum Gasteiger partial charge on any atom is 0.169 e. The molecule has 0 aliphatic rings. The van der Waals surface area contributed by atoms with E-state index in [2.05, 4.69) is 20.9 Å². The zero-order chi connectivity index (χ0) is 10.6. The number of carbonyl (C=O) groups is 1. The number of carbonyl (C=O) groups excluding carboxylic acids is 1. The molecule has 0 spiro atoms. The van der Waals surface area contributed by atoms with Gasteiger partial charge >= 0.3 is 0 Å². The van der Waals surface area contributed by atoms with E-state index in [0.717, 1.165) is 12.0 Å². The second-order valence-electron chi connectivity index (χ2n) is 2.94. The summed E-state index contributed by atoms with van der Waals surface area (Å²) in [7, 11) is 0.